The van der Waals surface area contributed by atoms with E-state index < -0.39 is 0 Å². The Hall–Kier alpha value is -1.79. The lowest BCUT2D eigenvalue weighted by atomic mass is 10.2. The Morgan fingerprint density at radius 2 is 2.08 bits per heavy atom. The molecule has 136 valence electrons. The smallest absolute Gasteiger partial charge is 0.289 e. The fourth-order valence-electron chi connectivity index (χ4n) is 2.36. The van der Waals surface area contributed by atoms with E-state index >= 15 is 0 Å². The fraction of sp³-hybridized carbons (Fsp3) is 0.421. The van der Waals surface area contributed by atoms with Gasteiger partial charge in [-0.25, -0.2) is 0 Å². The summed E-state index contributed by atoms with van der Waals surface area (Å²) in [5.74, 6) is 1.92. The zero-order valence-electron chi connectivity index (χ0n) is 14.8. The monoisotopic (exact) mass is 409 g/mol. The Morgan fingerprint density at radius 3 is 2.76 bits per heavy atom. The Kier molecular flexibility index (Phi) is 7.52. The topological polar surface area (TPSA) is 51.9 Å². The third kappa shape index (κ3) is 6.21. The molecule has 2 rings (SSSR count). The third-order valence-corrected chi connectivity index (χ3v) is 3.98. The van der Waals surface area contributed by atoms with Gasteiger partial charge in [0.25, 0.3) is 5.91 Å². The molecular formula is C19H24BrNO4. The number of amides is 1. The number of rotatable bonds is 9. The van der Waals surface area contributed by atoms with Crippen LogP contribution < -0.4 is 4.74 Å². The van der Waals surface area contributed by atoms with Gasteiger partial charge in [0.15, 0.2) is 5.76 Å². The lowest BCUT2D eigenvalue weighted by Gasteiger charge is -2.23. The molecule has 2 aromatic rings. The van der Waals surface area contributed by atoms with E-state index in [1.54, 1.807) is 24.1 Å². The zero-order valence-corrected chi connectivity index (χ0v) is 16.4. The number of methoxy groups -OCH3 is 1. The highest BCUT2D eigenvalue weighted by Crippen LogP contribution is 2.20. The molecule has 5 nitrogen and oxygen atoms in total. The Labute approximate surface area is 157 Å². The first-order valence-corrected chi connectivity index (χ1v) is 9.04. The number of carbonyl (C=O) groups excluding carboxylic acids is 1. The van der Waals surface area contributed by atoms with Gasteiger partial charge < -0.3 is 18.8 Å². The summed E-state index contributed by atoms with van der Waals surface area (Å²) in [5.41, 5.74) is 0. The van der Waals surface area contributed by atoms with E-state index in [-0.39, 0.29) is 12.5 Å². The van der Waals surface area contributed by atoms with Crippen LogP contribution in [0, 0.1) is 5.92 Å². The van der Waals surface area contributed by atoms with Gasteiger partial charge >= 0.3 is 0 Å². The molecule has 1 amide bonds. The van der Waals surface area contributed by atoms with Crippen LogP contribution in [0.25, 0.3) is 0 Å². The number of carbonyl (C=O) groups is 1. The van der Waals surface area contributed by atoms with E-state index in [0.717, 1.165) is 10.2 Å². The van der Waals surface area contributed by atoms with E-state index in [1.807, 2.05) is 24.3 Å². The summed E-state index contributed by atoms with van der Waals surface area (Å²) in [4.78, 5) is 14.4. The molecule has 0 fully saturated rings. The van der Waals surface area contributed by atoms with Crippen molar-refractivity contribution in [1.82, 2.24) is 4.90 Å². The second-order valence-corrected chi connectivity index (χ2v) is 7.07. The Morgan fingerprint density at radius 1 is 1.28 bits per heavy atom. The van der Waals surface area contributed by atoms with Crippen LogP contribution in [0.3, 0.4) is 0 Å². The van der Waals surface area contributed by atoms with Crippen molar-refractivity contribution in [2.45, 2.75) is 20.5 Å². The van der Waals surface area contributed by atoms with Crippen LogP contribution in [0.1, 0.15) is 30.2 Å². The van der Waals surface area contributed by atoms with E-state index in [9.17, 15) is 4.79 Å². The second-order valence-electron chi connectivity index (χ2n) is 6.15. The average molecular weight is 410 g/mol. The van der Waals surface area contributed by atoms with E-state index in [1.165, 1.54) is 0 Å². The van der Waals surface area contributed by atoms with Crippen molar-refractivity contribution >= 4 is 21.8 Å². The van der Waals surface area contributed by atoms with Gasteiger partial charge in [0.2, 0.25) is 0 Å². The number of hydrogen-bond donors (Lipinski definition) is 0. The molecule has 0 N–H and O–H groups in total. The van der Waals surface area contributed by atoms with Gasteiger partial charge in [0, 0.05) is 24.7 Å². The maximum Gasteiger partial charge on any atom is 0.289 e. The molecule has 0 saturated carbocycles. The number of halogens is 1. The number of ether oxygens (including phenoxy) is 2. The summed E-state index contributed by atoms with van der Waals surface area (Å²) < 4.78 is 17.4. The standard InChI is InChI=1S/C19H24BrNO4/c1-14(2)12-21(9-10-23-3)19(22)18-8-7-17(25-18)13-24-16-6-4-5-15(20)11-16/h4-8,11,14H,9-10,12-13H2,1-3H3. The summed E-state index contributed by atoms with van der Waals surface area (Å²) in [6, 6.07) is 11.0. The molecule has 1 aromatic heterocycles. The van der Waals surface area contributed by atoms with Crippen molar-refractivity contribution < 1.29 is 18.7 Å². The lowest BCUT2D eigenvalue weighted by Crippen LogP contribution is -2.36. The summed E-state index contributed by atoms with van der Waals surface area (Å²) in [7, 11) is 1.63. The molecule has 6 heteroatoms. The Bertz CT molecular complexity index is 684. The molecular weight excluding hydrogens is 386 g/mol. The average Bonchev–Trinajstić information content (AvgIpc) is 3.05. The van der Waals surface area contributed by atoms with Crippen molar-refractivity contribution in [2.75, 3.05) is 26.8 Å². The molecule has 0 aliphatic heterocycles. The first kappa shape index (κ1) is 19.5. The molecule has 25 heavy (non-hydrogen) atoms. The number of benzene rings is 1. The van der Waals surface area contributed by atoms with E-state index in [4.69, 9.17) is 13.9 Å². The first-order chi connectivity index (χ1) is 12.0. The highest BCUT2D eigenvalue weighted by atomic mass is 79.9. The molecule has 1 heterocycles. The van der Waals surface area contributed by atoms with Crippen LogP contribution in [-0.2, 0) is 11.3 Å². The number of furan rings is 1. The highest BCUT2D eigenvalue weighted by molar-refractivity contribution is 9.10. The Balaban J connectivity index is 1.99. The van der Waals surface area contributed by atoms with Crippen molar-refractivity contribution in [1.29, 1.82) is 0 Å². The van der Waals surface area contributed by atoms with Crippen molar-refractivity contribution in [3.05, 3.63) is 52.4 Å². The minimum absolute atomic E-state index is 0.126. The van der Waals surface area contributed by atoms with Gasteiger partial charge in [-0.1, -0.05) is 35.8 Å². The van der Waals surface area contributed by atoms with Gasteiger partial charge in [-0.3, -0.25) is 4.79 Å². The van der Waals surface area contributed by atoms with E-state index in [0.29, 0.717) is 37.1 Å². The van der Waals surface area contributed by atoms with Crippen molar-refractivity contribution in [2.24, 2.45) is 5.92 Å². The van der Waals surface area contributed by atoms with Gasteiger partial charge in [-0.2, -0.15) is 0 Å². The van der Waals surface area contributed by atoms with Crippen LogP contribution >= 0.6 is 15.9 Å². The quantitative estimate of drug-likeness (QED) is 0.616. The van der Waals surface area contributed by atoms with E-state index in [2.05, 4.69) is 29.8 Å². The van der Waals surface area contributed by atoms with Crippen LogP contribution in [0.2, 0.25) is 0 Å². The summed E-state index contributed by atoms with van der Waals surface area (Å²) in [5, 5.41) is 0. The fourth-order valence-corrected chi connectivity index (χ4v) is 2.73. The van der Waals surface area contributed by atoms with Gasteiger partial charge in [0.1, 0.15) is 18.1 Å². The SMILES string of the molecule is COCCN(CC(C)C)C(=O)c1ccc(COc2cccc(Br)c2)o1. The highest BCUT2D eigenvalue weighted by Gasteiger charge is 2.20. The molecule has 0 aliphatic rings. The lowest BCUT2D eigenvalue weighted by molar-refractivity contribution is 0.0637. The summed E-state index contributed by atoms with van der Waals surface area (Å²) >= 11 is 3.40. The predicted octanol–water partition coefficient (Wildman–Crippen LogP) is 4.37. The summed E-state index contributed by atoms with van der Waals surface area (Å²) in [6.07, 6.45) is 0. The van der Waals surface area contributed by atoms with Gasteiger partial charge in [0.05, 0.1) is 6.61 Å². The predicted molar refractivity (Wildman–Crippen MR) is 99.8 cm³/mol. The summed E-state index contributed by atoms with van der Waals surface area (Å²) in [6.45, 7) is 6.12. The van der Waals surface area contributed by atoms with Gasteiger partial charge in [-0.05, 0) is 36.2 Å². The van der Waals surface area contributed by atoms with Gasteiger partial charge in [-0.15, -0.1) is 0 Å². The minimum atomic E-state index is -0.126. The molecule has 0 radical (unpaired) electrons. The molecule has 0 bridgehead atoms. The third-order valence-electron chi connectivity index (χ3n) is 3.49. The minimum Gasteiger partial charge on any atom is -0.486 e. The molecule has 0 atom stereocenters. The molecule has 1 aromatic carbocycles. The number of hydrogen-bond acceptors (Lipinski definition) is 4. The molecule has 0 saturated heterocycles. The van der Waals surface area contributed by atoms with Crippen molar-refractivity contribution in [3.8, 4) is 5.75 Å². The van der Waals surface area contributed by atoms with Crippen LogP contribution in [0.15, 0.2) is 45.3 Å². The maximum absolute atomic E-state index is 12.6. The van der Waals surface area contributed by atoms with Crippen molar-refractivity contribution in [3.63, 3.8) is 0 Å². The normalized spacial score (nSPS) is 10.9. The molecule has 0 aliphatic carbocycles. The van der Waals surface area contributed by atoms with Crippen LogP contribution in [0.4, 0.5) is 0 Å². The van der Waals surface area contributed by atoms with Crippen LogP contribution in [0.5, 0.6) is 5.75 Å². The molecule has 0 unspecified atom stereocenters. The largest absolute Gasteiger partial charge is 0.486 e. The maximum atomic E-state index is 12.6. The zero-order chi connectivity index (χ0) is 18.2. The molecule has 0 spiro atoms. The second kappa shape index (κ2) is 9.63. The van der Waals surface area contributed by atoms with Crippen LogP contribution in [-0.4, -0.2) is 37.6 Å². The number of nitrogens with zero attached hydrogens (tertiary/aromatic N) is 1. The first-order valence-electron chi connectivity index (χ1n) is 8.25.